The quantitative estimate of drug-likeness (QED) is 0.353. The van der Waals surface area contributed by atoms with Crippen LogP contribution in [0.2, 0.25) is 0 Å². The van der Waals surface area contributed by atoms with Crippen molar-refractivity contribution in [3.63, 3.8) is 0 Å². The van der Waals surface area contributed by atoms with Gasteiger partial charge in [-0.1, -0.05) is 41.3 Å². The van der Waals surface area contributed by atoms with Gasteiger partial charge in [0, 0.05) is 11.1 Å². The van der Waals surface area contributed by atoms with Crippen molar-refractivity contribution in [1.29, 1.82) is 0 Å². The molecule has 1 aromatic heterocycles. The lowest BCUT2D eigenvalue weighted by molar-refractivity contribution is 0.319. The maximum atomic E-state index is 8.81. The minimum Gasteiger partial charge on any atom is -0.411 e. The number of thiophene rings is 1. The zero-order valence-electron chi connectivity index (χ0n) is 9.34. The molecule has 0 atom stereocenters. The Hall–Kier alpha value is -2.05. The highest BCUT2D eigenvalue weighted by atomic mass is 32.1. The van der Waals surface area contributed by atoms with Gasteiger partial charge in [-0.3, -0.25) is 0 Å². The summed E-state index contributed by atoms with van der Waals surface area (Å²) in [5.41, 5.74) is 2.30. The van der Waals surface area contributed by atoms with E-state index in [1.54, 1.807) is 18.3 Å². The molecule has 0 aliphatic heterocycles. The van der Waals surface area contributed by atoms with Gasteiger partial charge in [-0.2, -0.15) is 0 Å². The second-order valence-electron chi connectivity index (χ2n) is 3.46. The van der Waals surface area contributed by atoms with E-state index >= 15 is 0 Å². The summed E-state index contributed by atoms with van der Waals surface area (Å²) in [6, 6.07) is 11.6. The average molecular weight is 241 g/mol. The first-order chi connectivity index (χ1) is 8.31. The van der Waals surface area contributed by atoms with E-state index in [0.717, 1.165) is 16.0 Å². The van der Waals surface area contributed by atoms with Crippen molar-refractivity contribution >= 4 is 17.0 Å². The molecule has 1 N–H and O–H groups in total. The zero-order valence-corrected chi connectivity index (χ0v) is 10.2. The summed E-state index contributed by atoms with van der Waals surface area (Å²) >= 11 is 1.61. The molecule has 1 heterocycles. The van der Waals surface area contributed by atoms with Gasteiger partial charge < -0.3 is 5.21 Å². The molecule has 0 fully saturated rings. The van der Waals surface area contributed by atoms with Crippen LogP contribution in [-0.2, 0) is 0 Å². The molecule has 1 aromatic carbocycles. The Labute approximate surface area is 104 Å². The van der Waals surface area contributed by atoms with Gasteiger partial charge in [-0.25, -0.2) is 0 Å². The lowest BCUT2D eigenvalue weighted by Gasteiger charge is -2.01. The lowest BCUT2D eigenvalue weighted by Crippen LogP contribution is -1.97. The Bertz CT molecular complexity index is 588. The third-order valence-electron chi connectivity index (χ3n) is 2.31. The van der Waals surface area contributed by atoms with E-state index in [-0.39, 0.29) is 0 Å². The number of hydrogen-bond acceptors (Lipinski definition) is 3. The van der Waals surface area contributed by atoms with Gasteiger partial charge in [-0.15, -0.1) is 11.3 Å². The van der Waals surface area contributed by atoms with Crippen molar-refractivity contribution in [2.45, 2.75) is 6.92 Å². The molecule has 0 radical (unpaired) electrons. The zero-order chi connectivity index (χ0) is 12.1. The molecule has 17 heavy (non-hydrogen) atoms. The Morgan fingerprint density at radius 3 is 2.71 bits per heavy atom. The number of rotatable bonds is 1. The summed E-state index contributed by atoms with van der Waals surface area (Å²) in [5.74, 6) is 6.19. The minimum absolute atomic E-state index is 0.570. The van der Waals surface area contributed by atoms with E-state index in [1.807, 2.05) is 41.8 Å². The van der Waals surface area contributed by atoms with E-state index in [2.05, 4.69) is 17.0 Å². The van der Waals surface area contributed by atoms with Crippen molar-refractivity contribution in [3.8, 4) is 11.8 Å². The van der Waals surface area contributed by atoms with Crippen LogP contribution in [0, 0.1) is 11.8 Å². The number of oxime groups is 1. The highest BCUT2D eigenvalue weighted by molar-refractivity contribution is 7.10. The van der Waals surface area contributed by atoms with Gasteiger partial charge in [0.2, 0.25) is 0 Å². The van der Waals surface area contributed by atoms with Gasteiger partial charge >= 0.3 is 0 Å². The molecule has 0 unspecified atom stereocenters. The average Bonchev–Trinajstić information content (AvgIpc) is 2.89. The largest absolute Gasteiger partial charge is 0.411 e. The maximum absolute atomic E-state index is 8.81. The van der Waals surface area contributed by atoms with Crippen LogP contribution in [-0.4, -0.2) is 10.9 Å². The third-order valence-corrected chi connectivity index (χ3v) is 3.09. The Morgan fingerprint density at radius 1 is 1.18 bits per heavy atom. The summed E-state index contributed by atoms with van der Waals surface area (Å²) < 4.78 is 0. The first kappa shape index (κ1) is 11.4. The fourth-order valence-corrected chi connectivity index (χ4v) is 2.01. The Kier molecular flexibility index (Phi) is 3.59. The molecule has 2 aromatic rings. The van der Waals surface area contributed by atoms with Crippen molar-refractivity contribution in [2.75, 3.05) is 0 Å². The fraction of sp³-hybridized carbons (Fsp3) is 0.0714. The van der Waals surface area contributed by atoms with Crippen LogP contribution in [0.5, 0.6) is 0 Å². The summed E-state index contributed by atoms with van der Waals surface area (Å²) in [6.45, 7) is 1.76. The van der Waals surface area contributed by atoms with Crippen LogP contribution in [0.1, 0.15) is 22.9 Å². The molecular weight excluding hydrogens is 230 g/mol. The molecule has 0 aliphatic carbocycles. The molecule has 0 aliphatic rings. The highest BCUT2D eigenvalue weighted by Crippen LogP contribution is 2.10. The van der Waals surface area contributed by atoms with Crippen molar-refractivity contribution in [2.24, 2.45) is 5.16 Å². The molecule has 84 valence electrons. The SMILES string of the molecule is C/C(=N\O)c1ccccc1C#Cc1cccs1. The molecule has 0 amide bonds. The van der Waals surface area contributed by atoms with Crippen molar-refractivity contribution in [3.05, 3.63) is 57.8 Å². The molecule has 3 heteroatoms. The monoisotopic (exact) mass is 241 g/mol. The molecule has 0 spiro atoms. The second-order valence-corrected chi connectivity index (χ2v) is 4.41. The minimum atomic E-state index is 0.570. The predicted molar refractivity (Wildman–Crippen MR) is 70.7 cm³/mol. The fourth-order valence-electron chi connectivity index (χ4n) is 1.44. The van der Waals surface area contributed by atoms with Crippen molar-refractivity contribution in [1.82, 2.24) is 0 Å². The first-order valence-electron chi connectivity index (χ1n) is 5.15. The van der Waals surface area contributed by atoms with E-state index in [9.17, 15) is 0 Å². The number of hydrogen-bond donors (Lipinski definition) is 1. The van der Waals surface area contributed by atoms with Gasteiger partial charge in [0.1, 0.15) is 0 Å². The maximum Gasteiger partial charge on any atom is 0.0849 e. The van der Waals surface area contributed by atoms with Gasteiger partial charge in [0.05, 0.1) is 10.6 Å². The van der Waals surface area contributed by atoms with Crippen LogP contribution in [0.3, 0.4) is 0 Å². The Morgan fingerprint density at radius 2 is 2.00 bits per heavy atom. The van der Waals surface area contributed by atoms with E-state index in [1.165, 1.54) is 0 Å². The van der Waals surface area contributed by atoms with Crippen LogP contribution >= 0.6 is 11.3 Å². The first-order valence-corrected chi connectivity index (χ1v) is 6.03. The van der Waals surface area contributed by atoms with Crippen LogP contribution in [0.25, 0.3) is 0 Å². The molecule has 2 rings (SSSR count). The van der Waals surface area contributed by atoms with E-state index in [4.69, 9.17) is 5.21 Å². The summed E-state index contributed by atoms with van der Waals surface area (Å²) in [6.07, 6.45) is 0. The molecular formula is C14H11NOS. The van der Waals surface area contributed by atoms with Gasteiger partial charge in [0.25, 0.3) is 0 Å². The topological polar surface area (TPSA) is 32.6 Å². The smallest absolute Gasteiger partial charge is 0.0849 e. The van der Waals surface area contributed by atoms with Gasteiger partial charge in [-0.05, 0) is 24.4 Å². The summed E-state index contributed by atoms with van der Waals surface area (Å²) in [4.78, 5) is 1.03. The third kappa shape index (κ3) is 2.74. The Balaban J connectivity index is 2.39. The van der Waals surface area contributed by atoms with Gasteiger partial charge in [0.15, 0.2) is 0 Å². The predicted octanol–water partition coefficient (Wildman–Crippen LogP) is 3.35. The highest BCUT2D eigenvalue weighted by Gasteiger charge is 2.02. The number of nitrogens with zero attached hydrogens (tertiary/aromatic N) is 1. The normalized spacial score (nSPS) is 10.8. The molecule has 2 nitrogen and oxygen atoms in total. The molecule has 0 bridgehead atoms. The van der Waals surface area contributed by atoms with E-state index < -0.39 is 0 Å². The van der Waals surface area contributed by atoms with Crippen molar-refractivity contribution < 1.29 is 5.21 Å². The lowest BCUT2D eigenvalue weighted by atomic mass is 10.0. The van der Waals surface area contributed by atoms with Crippen LogP contribution in [0.4, 0.5) is 0 Å². The standard InChI is InChI=1S/C14H11NOS/c1-11(15-16)14-7-3-2-5-12(14)8-9-13-6-4-10-17-13/h2-7,10,16H,1H3/b15-11+. The summed E-state index contributed by atoms with van der Waals surface area (Å²) in [5, 5.41) is 14.0. The second kappa shape index (κ2) is 5.33. The molecule has 0 saturated carbocycles. The van der Waals surface area contributed by atoms with Crippen LogP contribution in [0.15, 0.2) is 46.9 Å². The van der Waals surface area contributed by atoms with Crippen LogP contribution < -0.4 is 0 Å². The van der Waals surface area contributed by atoms with E-state index in [0.29, 0.717) is 5.71 Å². The molecule has 0 saturated heterocycles. The number of benzene rings is 1. The summed E-state index contributed by atoms with van der Waals surface area (Å²) in [7, 11) is 0.